The number of nitro groups is 1. The van der Waals surface area contributed by atoms with Crippen molar-refractivity contribution in [2.45, 2.75) is 51.9 Å². The standard InChI is InChI=1S/C29H31N3O5/c1-29(2,3)15-9-11-17-19(13-15)24-25(26-23(17)18-7-5-6-8-20(18)30-26)28(34)31(27(24)33)21-12-10-16(32(35)36)14-22(21)37-4/h5-8,10,12,14-15,17,19,24-25,30H,9,11,13H2,1-4H3/t15-,17+,19+,24+,25-/m0/s1. The second-order valence-corrected chi connectivity index (χ2v) is 11.8. The van der Waals surface area contributed by atoms with Crippen molar-refractivity contribution in [1.82, 2.24) is 4.98 Å². The highest BCUT2D eigenvalue weighted by molar-refractivity contribution is 6.25. The van der Waals surface area contributed by atoms with Crippen molar-refractivity contribution < 1.29 is 19.2 Å². The SMILES string of the molecule is COc1cc([N+](=O)[O-])ccc1N1C(=O)[C@@H]2[C@@H]3C[C@@H](C(C)(C)C)CC[C@H]3c3c([nH]c4ccccc34)[C@H]2C1=O. The van der Waals surface area contributed by atoms with Gasteiger partial charge in [0.25, 0.3) is 5.69 Å². The van der Waals surface area contributed by atoms with Crippen molar-refractivity contribution in [3.8, 4) is 5.75 Å². The van der Waals surface area contributed by atoms with E-state index < -0.39 is 16.8 Å². The van der Waals surface area contributed by atoms with Gasteiger partial charge in [-0.1, -0.05) is 39.0 Å². The van der Waals surface area contributed by atoms with Gasteiger partial charge in [0.2, 0.25) is 11.8 Å². The Kier molecular flexibility index (Phi) is 5.23. The van der Waals surface area contributed by atoms with Crippen molar-refractivity contribution in [1.29, 1.82) is 0 Å². The lowest BCUT2D eigenvalue weighted by Crippen LogP contribution is -2.41. The van der Waals surface area contributed by atoms with Crippen LogP contribution in [0.3, 0.4) is 0 Å². The van der Waals surface area contributed by atoms with Gasteiger partial charge in [-0.2, -0.15) is 0 Å². The molecule has 1 saturated carbocycles. The maximum atomic E-state index is 14.2. The number of amides is 2. The Hall–Kier alpha value is -3.68. The van der Waals surface area contributed by atoms with E-state index in [0.29, 0.717) is 5.92 Å². The number of fused-ring (bicyclic) bond motifs is 8. The van der Waals surface area contributed by atoms with E-state index in [-0.39, 0.29) is 46.2 Å². The highest BCUT2D eigenvalue weighted by Crippen LogP contribution is 2.60. The number of anilines is 1. The van der Waals surface area contributed by atoms with Crippen LogP contribution in [0.4, 0.5) is 11.4 Å². The third-order valence-corrected chi connectivity index (χ3v) is 9.01. The lowest BCUT2D eigenvalue weighted by molar-refractivity contribution is -0.384. The number of aromatic amines is 1. The molecule has 6 rings (SSSR count). The number of nitro benzene ring substituents is 1. The van der Waals surface area contributed by atoms with Gasteiger partial charge in [0, 0.05) is 22.7 Å². The highest BCUT2D eigenvalue weighted by Gasteiger charge is 2.60. The van der Waals surface area contributed by atoms with Crippen LogP contribution in [-0.4, -0.2) is 28.8 Å². The molecule has 0 radical (unpaired) electrons. The number of non-ortho nitro benzene ring substituents is 1. The second-order valence-electron chi connectivity index (χ2n) is 11.8. The van der Waals surface area contributed by atoms with Crippen LogP contribution in [-0.2, 0) is 9.59 Å². The summed E-state index contributed by atoms with van der Waals surface area (Å²) in [4.78, 5) is 43.8. The van der Waals surface area contributed by atoms with Gasteiger partial charge in [-0.25, -0.2) is 4.90 Å². The summed E-state index contributed by atoms with van der Waals surface area (Å²) in [5.74, 6) is -0.812. The van der Waals surface area contributed by atoms with Crippen LogP contribution < -0.4 is 9.64 Å². The van der Waals surface area contributed by atoms with Crippen molar-refractivity contribution >= 4 is 34.1 Å². The molecular weight excluding hydrogens is 470 g/mol. The van der Waals surface area contributed by atoms with Crippen LogP contribution >= 0.6 is 0 Å². The molecule has 2 aliphatic carbocycles. The maximum Gasteiger partial charge on any atom is 0.273 e. The van der Waals surface area contributed by atoms with Crippen LogP contribution in [0.5, 0.6) is 5.75 Å². The maximum absolute atomic E-state index is 14.2. The normalized spacial score (nSPS) is 27.1. The van der Waals surface area contributed by atoms with Gasteiger partial charge in [0.05, 0.1) is 35.6 Å². The summed E-state index contributed by atoms with van der Waals surface area (Å²) in [6.07, 6.45) is 2.95. The molecule has 1 aliphatic heterocycles. The van der Waals surface area contributed by atoms with Gasteiger partial charge in [0.15, 0.2) is 0 Å². The molecule has 2 aromatic carbocycles. The number of imide groups is 1. The van der Waals surface area contributed by atoms with Gasteiger partial charge < -0.3 is 9.72 Å². The molecule has 192 valence electrons. The summed E-state index contributed by atoms with van der Waals surface area (Å²) in [6, 6.07) is 12.2. The molecule has 1 aromatic heterocycles. The zero-order valence-electron chi connectivity index (χ0n) is 21.5. The minimum atomic E-state index is -0.616. The molecule has 0 unspecified atom stereocenters. The quantitative estimate of drug-likeness (QED) is 0.273. The van der Waals surface area contributed by atoms with Crippen LogP contribution in [0.25, 0.3) is 10.9 Å². The number of hydrogen-bond donors (Lipinski definition) is 1. The first-order valence-corrected chi connectivity index (χ1v) is 12.9. The van der Waals surface area contributed by atoms with Crippen LogP contribution in [0, 0.1) is 33.3 Å². The fourth-order valence-electron chi connectivity index (χ4n) is 7.20. The molecule has 3 aliphatic rings. The molecule has 8 nitrogen and oxygen atoms in total. The van der Waals surface area contributed by atoms with Crippen molar-refractivity contribution in [2.24, 2.45) is 23.2 Å². The molecule has 0 spiro atoms. The van der Waals surface area contributed by atoms with Gasteiger partial charge >= 0.3 is 0 Å². The number of aromatic nitrogens is 1. The fourth-order valence-corrected chi connectivity index (χ4v) is 7.20. The fraction of sp³-hybridized carbons (Fsp3) is 0.448. The summed E-state index contributed by atoms with van der Waals surface area (Å²) >= 11 is 0. The number of carbonyl (C=O) groups excluding carboxylic acids is 2. The Balaban J connectivity index is 1.52. The molecule has 1 N–H and O–H groups in total. The second kappa shape index (κ2) is 8.16. The zero-order valence-corrected chi connectivity index (χ0v) is 21.5. The summed E-state index contributed by atoms with van der Waals surface area (Å²) in [6.45, 7) is 6.77. The highest BCUT2D eigenvalue weighted by atomic mass is 16.6. The average molecular weight is 502 g/mol. The lowest BCUT2D eigenvalue weighted by atomic mass is 9.56. The number of benzene rings is 2. The van der Waals surface area contributed by atoms with E-state index in [4.69, 9.17) is 4.74 Å². The Morgan fingerprint density at radius 1 is 1.08 bits per heavy atom. The number of nitrogens with one attached hydrogen (secondary N) is 1. The minimum Gasteiger partial charge on any atom is -0.494 e. The largest absolute Gasteiger partial charge is 0.494 e. The zero-order chi connectivity index (χ0) is 26.2. The van der Waals surface area contributed by atoms with E-state index in [1.54, 1.807) is 0 Å². The molecule has 3 aromatic rings. The van der Waals surface area contributed by atoms with E-state index in [1.165, 1.54) is 35.8 Å². The van der Waals surface area contributed by atoms with Gasteiger partial charge in [-0.05, 0) is 60.1 Å². The first kappa shape index (κ1) is 23.7. The Labute approximate surface area is 215 Å². The predicted molar refractivity (Wildman–Crippen MR) is 140 cm³/mol. The number of nitrogens with zero attached hydrogens (tertiary/aromatic N) is 2. The van der Waals surface area contributed by atoms with E-state index in [9.17, 15) is 19.7 Å². The van der Waals surface area contributed by atoms with Crippen LogP contribution in [0.2, 0.25) is 0 Å². The molecule has 2 heterocycles. The Morgan fingerprint density at radius 3 is 2.54 bits per heavy atom. The summed E-state index contributed by atoms with van der Waals surface area (Å²) in [5.41, 5.74) is 3.23. The molecule has 2 amide bonds. The molecule has 5 atom stereocenters. The number of H-pyrrole nitrogens is 1. The number of methoxy groups -OCH3 is 1. The summed E-state index contributed by atoms with van der Waals surface area (Å²) in [5, 5.41) is 12.5. The molecule has 0 bridgehead atoms. The molecular formula is C29H31N3O5. The third-order valence-electron chi connectivity index (χ3n) is 9.01. The van der Waals surface area contributed by atoms with E-state index in [1.807, 2.05) is 18.2 Å². The molecule has 2 fully saturated rings. The third kappa shape index (κ3) is 3.41. The van der Waals surface area contributed by atoms with Crippen LogP contribution in [0.15, 0.2) is 42.5 Å². The molecule has 1 saturated heterocycles. The number of carbonyl (C=O) groups is 2. The topological polar surface area (TPSA) is 106 Å². The van der Waals surface area contributed by atoms with Gasteiger partial charge in [-0.3, -0.25) is 19.7 Å². The van der Waals surface area contributed by atoms with Crippen molar-refractivity contribution in [2.75, 3.05) is 12.0 Å². The van der Waals surface area contributed by atoms with E-state index in [2.05, 4.69) is 31.8 Å². The number of para-hydroxylation sites is 1. The number of ether oxygens (including phenoxy) is 1. The van der Waals surface area contributed by atoms with E-state index >= 15 is 0 Å². The first-order valence-electron chi connectivity index (χ1n) is 12.9. The smallest absolute Gasteiger partial charge is 0.273 e. The first-order chi connectivity index (χ1) is 17.6. The predicted octanol–water partition coefficient (Wildman–Crippen LogP) is 5.92. The van der Waals surface area contributed by atoms with Gasteiger partial charge in [0.1, 0.15) is 5.75 Å². The summed E-state index contributed by atoms with van der Waals surface area (Å²) < 4.78 is 5.43. The average Bonchev–Trinajstić information content (AvgIpc) is 3.38. The Morgan fingerprint density at radius 2 is 1.84 bits per heavy atom. The lowest BCUT2D eigenvalue weighted by Gasteiger charge is -2.47. The van der Waals surface area contributed by atoms with Gasteiger partial charge in [-0.15, -0.1) is 0 Å². The number of hydrogen-bond acceptors (Lipinski definition) is 5. The number of rotatable bonds is 3. The van der Waals surface area contributed by atoms with Crippen molar-refractivity contribution in [3.05, 3.63) is 63.8 Å². The summed E-state index contributed by atoms with van der Waals surface area (Å²) in [7, 11) is 1.39. The minimum absolute atomic E-state index is 0.0418. The Bertz CT molecular complexity index is 1450. The molecule has 8 heteroatoms. The molecule has 37 heavy (non-hydrogen) atoms. The van der Waals surface area contributed by atoms with E-state index in [0.717, 1.165) is 35.9 Å². The van der Waals surface area contributed by atoms with Crippen LogP contribution in [0.1, 0.15) is 63.1 Å². The van der Waals surface area contributed by atoms with Crippen molar-refractivity contribution in [3.63, 3.8) is 0 Å². The monoisotopic (exact) mass is 501 g/mol.